The van der Waals surface area contributed by atoms with E-state index < -0.39 is 11.7 Å². The van der Waals surface area contributed by atoms with Gasteiger partial charge in [0.15, 0.2) is 0 Å². The van der Waals surface area contributed by atoms with Crippen LogP contribution in [-0.4, -0.2) is 5.91 Å². The van der Waals surface area contributed by atoms with Crippen LogP contribution in [0.25, 0.3) is 6.08 Å². The molecular formula is C18H14BrFN2O. The van der Waals surface area contributed by atoms with E-state index >= 15 is 0 Å². The van der Waals surface area contributed by atoms with Crippen molar-refractivity contribution >= 4 is 27.9 Å². The van der Waals surface area contributed by atoms with Crippen molar-refractivity contribution in [3.8, 4) is 6.07 Å². The molecule has 0 aromatic heterocycles. The van der Waals surface area contributed by atoms with Crippen molar-refractivity contribution in [2.24, 2.45) is 0 Å². The normalized spacial score (nSPS) is 12.3. The molecule has 2 rings (SSSR count). The summed E-state index contributed by atoms with van der Waals surface area (Å²) < 4.78 is 13.5. The molecule has 2 aromatic rings. The van der Waals surface area contributed by atoms with Crippen LogP contribution in [0, 0.1) is 17.1 Å². The third kappa shape index (κ3) is 4.51. The van der Waals surface area contributed by atoms with E-state index in [1.54, 1.807) is 0 Å². The molecule has 2 aromatic carbocycles. The summed E-state index contributed by atoms with van der Waals surface area (Å²) in [6.45, 7) is 1.84. The number of nitrogens with zero attached hydrogens (tertiary/aromatic N) is 1. The quantitative estimate of drug-likeness (QED) is 0.639. The Labute approximate surface area is 142 Å². The molecule has 0 spiro atoms. The lowest BCUT2D eigenvalue weighted by atomic mass is 10.1. The molecule has 0 aliphatic carbocycles. The second-order valence-corrected chi connectivity index (χ2v) is 5.80. The van der Waals surface area contributed by atoms with Crippen LogP contribution >= 0.6 is 15.9 Å². The van der Waals surface area contributed by atoms with Gasteiger partial charge in [-0.3, -0.25) is 4.79 Å². The molecule has 5 heteroatoms. The van der Waals surface area contributed by atoms with E-state index in [0.29, 0.717) is 5.56 Å². The molecule has 0 aliphatic rings. The van der Waals surface area contributed by atoms with Gasteiger partial charge in [0.2, 0.25) is 0 Å². The monoisotopic (exact) mass is 372 g/mol. The average molecular weight is 373 g/mol. The Morgan fingerprint density at radius 1 is 1.30 bits per heavy atom. The van der Waals surface area contributed by atoms with Crippen molar-refractivity contribution in [1.29, 1.82) is 5.26 Å². The number of halogens is 2. The first-order valence-corrected chi connectivity index (χ1v) is 7.73. The number of hydrogen-bond donors (Lipinski definition) is 1. The summed E-state index contributed by atoms with van der Waals surface area (Å²) in [5, 5.41) is 12.0. The molecule has 0 saturated heterocycles. The third-order valence-corrected chi connectivity index (χ3v) is 3.87. The molecular weight excluding hydrogens is 359 g/mol. The van der Waals surface area contributed by atoms with Crippen molar-refractivity contribution in [3.63, 3.8) is 0 Å². The third-order valence-electron chi connectivity index (χ3n) is 3.27. The van der Waals surface area contributed by atoms with Gasteiger partial charge < -0.3 is 5.32 Å². The van der Waals surface area contributed by atoms with Gasteiger partial charge in [-0.15, -0.1) is 0 Å². The average Bonchev–Trinajstić information content (AvgIpc) is 2.56. The molecule has 0 radical (unpaired) electrons. The SMILES string of the molecule is C[C@@H](NC(=O)/C(C#N)=C/c1ccc(F)c(Br)c1)c1ccccc1. The van der Waals surface area contributed by atoms with Crippen LogP contribution in [-0.2, 0) is 4.79 Å². The highest BCUT2D eigenvalue weighted by atomic mass is 79.9. The number of benzene rings is 2. The molecule has 0 aliphatic heterocycles. The first-order valence-electron chi connectivity index (χ1n) is 6.94. The van der Waals surface area contributed by atoms with Crippen LogP contribution < -0.4 is 5.32 Å². The zero-order valence-corrected chi connectivity index (χ0v) is 14.0. The molecule has 0 fully saturated rings. The van der Waals surface area contributed by atoms with Crippen molar-refractivity contribution in [3.05, 3.63) is 75.5 Å². The Morgan fingerprint density at radius 2 is 2.00 bits per heavy atom. The summed E-state index contributed by atoms with van der Waals surface area (Å²) in [5.41, 5.74) is 1.48. The molecule has 1 atom stereocenters. The molecule has 0 heterocycles. The Balaban J connectivity index is 2.17. The minimum atomic E-state index is -0.468. The predicted octanol–water partition coefficient (Wildman–Crippen LogP) is 4.37. The lowest BCUT2D eigenvalue weighted by Gasteiger charge is -2.13. The highest BCUT2D eigenvalue weighted by Gasteiger charge is 2.13. The Morgan fingerprint density at radius 3 is 2.61 bits per heavy atom. The van der Waals surface area contributed by atoms with Crippen LogP contribution in [0.4, 0.5) is 4.39 Å². The smallest absolute Gasteiger partial charge is 0.262 e. The van der Waals surface area contributed by atoms with Crippen LogP contribution in [0.5, 0.6) is 0 Å². The molecule has 0 unspecified atom stereocenters. The summed E-state index contributed by atoms with van der Waals surface area (Å²) in [6, 6.07) is 15.4. The second-order valence-electron chi connectivity index (χ2n) is 4.95. The zero-order valence-electron chi connectivity index (χ0n) is 12.4. The van der Waals surface area contributed by atoms with Gasteiger partial charge in [0.05, 0.1) is 10.5 Å². The van der Waals surface area contributed by atoms with Crippen LogP contribution in [0.1, 0.15) is 24.1 Å². The van der Waals surface area contributed by atoms with Gasteiger partial charge in [0.1, 0.15) is 17.5 Å². The fourth-order valence-corrected chi connectivity index (χ4v) is 2.41. The zero-order chi connectivity index (χ0) is 16.8. The minimum absolute atomic E-state index is 0.0358. The lowest BCUT2D eigenvalue weighted by molar-refractivity contribution is -0.117. The van der Waals surface area contributed by atoms with E-state index in [-0.39, 0.29) is 16.1 Å². The van der Waals surface area contributed by atoms with Gasteiger partial charge >= 0.3 is 0 Å². The number of rotatable bonds is 4. The van der Waals surface area contributed by atoms with E-state index in [4.69, 9.17) is 0 Å². The van der Waals surface area contributed by atoms with Gasteiger partial charge in [-0.1, -0.05) is 36.4 Å². The molecule has 116 valence electrons. The van der Waals surface area contributed by atoms with E-state index in [2.05, 4.69) is 21.2 Å². The van der Waals surface area contributed by atoms with Crippen molar-refractivity contribution in [2.45, 2.75) is 13.0 Å². The maximum Gasteiger partial charge on any atom is 0.262 e. The predicted molar refractivity (Wildman–Crippen MR) is 90.7 cm³/mol. The van der Waals surface area contributed by atoms with E-state index in [0.717, 1.165) is 5.56 Å². The fraction of sp³-hybridized carbons (Fsp3) is 0.111. The molecule has 1 N–H and O–H groups in total. The minimum Gasteiger partial charge on any atom is -0.345 e. The summed E-state index contributed by atoms with van der Waals surface area (Å²) in [6.07, 6.45) is 1.43. The number of nitrogens with one attached hydrogen (secondary N) is 1. The fourth-order valence-electron chi connectivity index (χ4n) is 2.02. The van der Waals surface area contributed by atoms with Gasteiger partial charge in [-0.05, 0) is 52.2 Å². The highest BCUT2D eigenvalue weighted by molar-refractivity contribution is 9.10. The largest absolute Gasteiger partial charge is 0.345 e. The highest BCUT2D eigenvalue weighted by Crippen LogP contribution is 2.19. The Kier molecular flexibility index (Phi) is 5.67. The molecule has 23 heavy (non-hydrogen) atoms. The lowest BCUT2D eigenvalue weighted by Crippen LogP contribution is -2.27. The first kappa shape index (κ1) is 16.9. The van der Waals surface area contributed by atoms with Crippen LogP contribution in [0.15, 0.2) is 58.6 Å². The molecule has 0 bridgehead atoms. The topological polar surface area (TPSA) is 52.9 Å². The number of carbonyl (C=O) groups is 1. The van der Waals surface area contributed by atoms with Crippen molar-refractivity contribution in [1.82, 2.24) is 5.32 Å². The van der Waals surface area contributed by atoms with E-state index in [1.165, 1.54) is 24.3 Å². The number of nitriles is 1. The summed E-state index contributed by atoms with van der Waals surface area (Å²) in [5.74, 6) is -0.868. The Hall–Kier alpha value is -2.45. The summed E-state index contributed by atoms with van der Waals surface area (Å²) in [7, 11) is 0. The van der Waals surface area contributed by atoms with Crippen molar-refractivity contribution in [2.75, 3.05) is 0 Å². The van der Waals surface area contributed by atoms with Gasteiger partial charge in [0, 0.05) is 0 Å². The van der Waals surface area contributed by atoms with Gasteiger partial charge in [-0.2, -0.15) is 5.26 Å². The number of amides is 1. The van der Waals surface area contributed by atoms with Crippen LogP contribution in [0.3, 0.4) is 0 Å². The maximum atomic E-state index is 13.2. The van der Waals surface area contributed by atoms with Gasteiger partial charge in [0.25, 0.3) is 5.91 Å². The number of carbonyl (C=O) groups excluding carboxylic acids is 1. The van der Waals surface area contributed by atoms with Crippen molar-refractivity contribution < 1.29 is 9.18 Å². The maximum absolute atomic E-state index is 13.2. The Bertz CT molecular complexity index is 781. The summed E-state index contributed by atoms with van der Waals surface area (Å²) >= 11 is 3.08. The van der Waals surface area contributed by atoms with Crippen LogP contribution in [0.2, 0.25) is 0 Å². The van der Waals surface area contributed by atoms with E-state index in [9.17, 15) is 14.4 Å². The van der Waals surface area contributed by atoms with E-state index in [1.807, 2.05) is 43.3 Å². The first-order chi connectivity index (χ1) is 11.0. The standard InChI is InChI=1S/C18H14BrFN2O/c1-12(14-5-3-2-4-6-14)22-18(23)15(11-21)9-13-7-8-17(20)16(19)10-13/h2-10,12H,1H3,(H,22,23)/b15-9+/t12-/m1/s1. The van der Waals surface area contributed by atoms with Gasteiger partial charge in [-0.25, -0.2) is 4.39 Å². The number of hydrogen-bond acceptors (Lipinski definition) is 2. The molecule has 3 nitrogen and oxygen atoms in total. The summed E-state index contributed by atoms with van der Waals surface area (Å²) in [4.78, 5) is 12.2. The molecule has 1 amide bonds. The molecule has 0 saturated carbocycles. The second kappa shape index (κ2) is 7.70.